The molecule has 1 N–H and O–H groups in total. The molecule has 0 fully saturated rings. The Hall–Kier alpha value is -1.18. The van der Waals surface area contributed by atoms with Gasteiger partial charge in [0.15, 0.2) is 0 Å². The van der Waals surface area contributed by atoms with Crippen LogP contribution in [0.2, 0.25) is 0 Å². The van der Waals surface area contributed by atoms with Gasteiger partial charge in [-0.2, -0.15) is 0 Å². The number of sulfonamides is 1. The van der Waals surface area contributed by atoms with Crippen molar-refractivity contribution in [2.75, 3.05) is 6.54 Å². The molecule has 0 atom stereocenters. The fourth-order valence-electron chi connectivity index (χ4n) is 1.93. The molecule has 0 aliphatic heterocycles. The van der Waals surface area contributed by atoms with E-state index < -0.39 is 10.0 Å². The highest BCUT2D eigenvalue weighted by Gasteiger charge is 2.22. The number of aryl methyl sites for hydroxylation is 1. The maximum absolute atomic E-state index is 12.3. The van der Waals surface area contributed by atoms with E-state index in [1.807, 2.05) is 37.8 Å². The summed E-state index contributed by atoms with van der Waals surface area (Å²) >= 11 is 1.52. The van der Waals surface area contributed by atoms with Gasteiger partial charge in [0.1, 0.15) is 9.90 Å². The lowest BCUT2D eigenvalue weighted by Gasteiger charge is -2.05. The molecule has 0 amide bonds. The zero-order valence-electron chi connectivity index (χ0n) is 12.1. The fraction of sp³-hybridized carbons (Fsp3) is 0.462. The van der Waals surface area contributed by atoms with Crippen molar-refractivity contribution in [2.45, 2.75) is 32.1 Å². The van der Waals surface area contributed by atoms with Crippen molar-refractivity contribution in [1.82, 2.24) is 14.3 Å². The van der Waals surface area contributed by atoms with E-state index in [-0.39, 0.29) is 0 Å². The smallest absolute Gasteiger partial charge is 0.242 e. The predicted octanol–water partition coefficient (Wildman–Crippen LogP) is 2.45. The van der Waals surface area contributed by atoms with E-state index in [9.17, 15) is 8.42 Å². The summed E-state index contributed by atoms with van der Waals surface area (Å²) in [5, 5.41) is 2.80. The Morgan fingerprint density at radius 1 is 1.40 bits per heavy atom. The zero-order valence-corrected chi connectivity index (χ0v) is 13.7. The van der Waals surface area contributed by atoms with E-state index in [0.29, 0.717) is 11.4 Å². The molecule has 2 aromatic rings. The maximum Gasteiger partial charge on any atom is 0.242 e. The van der Waals surface area contributed by atoms with Crippen LogP contribution in [0.1, 0.15) is 24.7 Å². The van der Waals surface area contributed by atoms with Crippen LogP contribution in [0.15, 0.2) is 16.3 Å². The van der Waals surface area contributed by atoms with Gasteiger partial charge in [0, 0.05) is 30.4 Å². The topological polar surface area (TPSA) is 64.0 Å². The van der Waals surface area contributed by atoms with E-state index in [4.69, 9.17) is 0 Å². The van der Waals surface area contributed by atoms with Gasteiger partial charge >= 0.3 is 0 Å². The summed E-state index contributed by atoms with van der Waals surface area (Å²) in [5.41, 5.74) is 2.49. The summed E-state index contributed by atoms with van der Waals surface area (Å²) in [5.74, 6) is 0. The van der Waals surface area contributed by atoms with Crippen LogP contribution in [0.4, 0.5) is 0 Å². The maximum atomic E-state index is 12.3. The van der Waals surface area contributed by atoms with Crippen molar-refractivity contribution in [3.63, 3.8) is 0 Å². The molecule has 0 saturated carbocycles. The van der Waals surface area contributed by atoms with Gasteiger partial charge in [-0.25, -0.2) is 18.1 Å². The third kappa shape index (κ3) is 2.79. The minimum atomic E-state index is -3.45. The lowest BCUT2D eigenvalue weighted by molar-refractivity contribution is 0.579. The fourth-order valence-corrected chi connectivity index (χ4v) is 4.20. The van der Waals surface area contributed by atoms with Crippen molar-refractivity contribution < 1.29 is 8.42 Å². The van der Waals surface area contributed by atoms with Gasteiger partial charge in [-0.15, -0.1) is 11.3 Å². The second kappa shape index (κ2) is 5.67. The van der Waals surface area contributed by atoms with Crippen molar-refractivity contribution in [1.29, 1.82) is 0 Å². The van der Waals surface area contributed by atoms with Crippen LogP contribution in [0.5, 0.6) is 0 Å². The highest BCUT2D eigenvalue weighted by atomic mass is 32.2. The van der Waals surface area contributed by atoms with E-state index in [1.54, 1.807) is 6.07 Å². The molecule has 0 spiro atoms. The number of nitrogens with zero attached hydrogens (tertiary/aromatic N) is 2. The lowest BCUT2D eigenvalue weighted by Crippen LogP contribution is -2.24. The third-order valence-corrected chi connectivity index (χ3v) is 5.72. The SMILES string of the molecule is CCCNS(=O)(=O)c1cc(-c2nc(C)cs2)n(C)c1C. The Labute approximate surface area is 123 Å². The van der Waals surface area contributed by atoms with Crippen LogP contribution < -0.4 is 4.72 Å². The summed E-state index contributed by atoms with van der Waals surface area (Å²) in [6, 6.07) is 1.70. The van der Waals surface area contributed by atoms with Crippen LogP contribution in [-0.2, 0) is 17.1 Å². The Kier molecular flexibility index (Phi) is 4.31. The Bertz CT molecular complexity index is 714. The first-order valence-corrected chi connectivity index (χ1v) is 8.81. The summed E-state index contributed by atoms with van der Waals surface area (Å²) < 4.78 is 29.0. The Morgan fingerprint density at radius 2 is 2.10 bits per heavy atom. The molecule has 2 heterocycles. The standard InChI is InChI=1S/C13H19N3O2S2/c1-5-6-14-20(17,18)12-7-11(16(4)10(12)3)13-15-9(2)8-19-13/h7-8,14H,5-6H2,1-4H3. The van der Waals surface area contributed by atoms with Crippen molar-refractivity contribution in [3.8, 4) is 10.7 Å². The first-order chi connectivity index (χ1) is 9.36. The average molecular weight is 313 g/mol. The van der Waals surface area contributed by atoms with Gasteiger partial charge in [-0.3, -0.25) is 0 Å². The first-order valence-electron chi connectivity index (χ1n) is 6.45. The number of nitrogens with one attached hydrogen (secondary N) is 1. The van der Waals surface area contributed by atoms with Crippen LogP contribution >= 0.6 is 11.3 Å². The minimum absolute atomic E-state index is 0.330. The average Bonchev–Trinajstić information content (AvgIpc) is 2.93. The van der Waals surface area contributed by atoms with Gasteiger partial charge in [0.2, 0.25) is 10.0 Å². The highest BCUT2D eigenvalue weighted by Crippen LogP contribution is 2.29. The molecule has 7 heteroatoms. The Morgan fingerprint density at radius 3 is 2.65 bits per heavy atom. The molecule has 0 aromatic carbocycles. The number of thiazole rings is 1. The normalized spacial score (nSPS) is 12.0. The largest absolute Gasteiger partial charge is 0.345 e. The molecule has 20 heavy (non-hydrogen) atoms. The molecule has 5 nitrogen and oxygen atoms in total. The molecule has 0 aliphatic rings. The molecular weight excluding hydrogens is 294 g/mol. The second-order valence-electron chi connectivity index (χ2n) is 4.73. The summed E-state index contributed by atoms with van der Waals surface area (Å²) in [6.07, 6.45) is 0.768. The molecule has 2 rings (SSSR count). The number of rotatable bonds is 5. The van der Waals surface area contributed by atoms with E-state index in [0.717, 1.165) is 28.5 Å². The van der Waals surface area contributed by atoms with Crippen molar-refractivity contribution in [3.05, 3.63) is 22.8 Å². The highest BCUT2D eigenvalue weighted by molar-refractivity contribution is 7.89. The van der Waals surface area contributed by atoms with Gasteiger partial charge in [-0.05, 0) is 26.3 Å². The molecule has 0 aliphatic carbocycles. The quantitative estimate of drug-likeness (QED) is 0.922. The van der Waals surface area contributed by atoms with Crippen molar-refractivity contribution in [2.24, 2.45) is 7.05 Å². The molecule has 110 valence electrons. The molecular formula is C13H19N3O2S2. The van der Waals surface area contributed by atoms with E-state index >= 15 is 0 Å². The van der Waals surface area contributed by atoms with Gasteiger partial charge < -0.3 is 4.57 Å². The monoisotopic (exact) mass is 313 g/mol. The molecule has 0 unspecified atom stereocenters. The Balaban J connectivity index is 2.48. The number of aromatic nitrogens is 2. The van der Waals surface area contributed by atoms with Gasteiger partial charge in [-0.1, -0.05) is 6.92 Å². The third-order valence-electron chi connectivity index (χ3n) is 3.16. The van der Waals surface area contributed by atoms with E-state index in [1.165, 1.54) is 11.3 Å². The number of hydrogen-bond donors (Lipinski definition) is 1. The first kappa shape index (κ1) is 15.2. The van der Waals surface area contributed by atoms with Crippen molar-refractivity contribution >= 4 is 21.4 Å². The molecule has 2 aromatic heterocycles. The summed E-state index contributed by atoms with van der Waals surface area (Å²) in [4.78, 5) is 4.75. The van der Waals surface area contributed by atoms with Gasteiger partial charge in [0.25, 0.3) is 0 Å². The molecule has 0 bridgehead atoms. The second-order valence-corrected chi connectivity index (χ2v) is 7.32. The number of hydrogen-bond acceptors (Lipinski definition) is 4. The lowest BCUT2D eigenvalue weighted by atomic mass is 10.4. The molecule has 0 saturated heterocycles. The molecule has 0 radical (unpaired) electrons. The van der Waals surface area contributed by atoms with Gasteiger partial charge in [0.05, 0.1) is 5.69 Å². The predicted molar refractivity (Wildman–Crippen MR) is 81.5 cm³/mol. The van der Waals surface area contributed by atoms with E-state index in [2.05, 4.69) is 9.71 Å². The zero-order chi connectivity index (χ0) is 14.9. The van der Waals surface area contributed by atoms with Crippen LogP contribution in [-0.4, -0.2) is 24.5 Å². The summed E-state index contributed by atoms with van der Waals surface area (Å²) in [6.45, 7) is 6.12. The minimum Gasteiger partial charge on any atom is -0.345 e. The van der Waals surface area contributed by atoms with Crippen LogP contribution in [0, 0.1) is 13.8 Å². The van der Waals surface area contributed by atoms with Crippen LogP contribution in [0.3, 0.4) is 0 Å². The van der Waals surface area contributed by atoms with Crippen LogP contribution in [0.25, 0.3) is 10.7 Å². The summed E-state index contributed by atoms with van der Waals surface area (Å²) in [7, 11) is -1.59.